The Bertz CT molecular complexity index is 970. The van der Waals surface area contributed by atoms with Crippen LogP contribution in [0.3, 0.4) is 0 Å². The summed E-state index contributed by atoms with van der Waals surface area (Å²) in [6.07, 6.45) is 2.85. The van der Waals surface area contributed by atoms with Crippen molar-refractivity contribution in [1.82, 2.24) is 15.1 Å². The molecule has 8 heteroatoms. The number of nitrogens with one attached hydrogen (secondary N) is 1. The third-order valence-electron chi connectivity index (χ3n) is 8.81. The number of ketones is 1. The van der Waals surface area contributed by atoms with Gasteiger partial charge in [0.15, 0.2) is 5.78 Å². The lowest BCUT2D eigenvalue weighted by molar-refractivity contribution is -0.139. The van der Waals surface area contributed by atoms with E-state index in [1.807, 2.05) is 38.1 Å². The number of ether oxygens (including phenoxy) is 1. The number of fused-ring (bicyclic) bond motifs is 1. The summed E-state index contributed by atoms with van der Waals surface area (Å²) >= 11 is 0. The molecule has 0 bridgehead atoms. The quantitative estimate of drug-likeness (QED) is 0.594. The summed E-state index contributed by atoms with van der Waals surface area (Å²) in [6, 6.07) is 6.51. The molecule has 4 fully saturated rings. The summed E-state index contributed by atoms with van der Waals surface area (Å²) in [6.45, 7) is 12.0. The normalized spacial score (nSPS) is 28.2. The van der Waals surface area contributed by atoms with Crippen LogP contribution < -0.4 is 10.2 Å². The number of benzene rings is 1. The number of carbonyl (C=O) groups excluding carboxylic acids is 3. The van der Waals surface area contributed by atoms with Gasteiger partial charge in [0.1, 0.15) is 18.7 Å². The Morgan fingerprint density at radius 3 is 2.39 bits per heavy atom. The minimum atomic E-state index is -0.670. The van der Waals surface area contributed by atoms with Gasteiger partial charge < -0.3 is 24.8 Å². The predicted octanol–water partition coefficient (Wildman–Crippen LogP) is 2.18. The number of amides is 2. The van der Waals surface area contributed by atoms with Crippen molar-refractivity contribution in [3.05, 3.63) is 29.8 Å². The number of piperazine rings is 1. The van der Waals surface area contributed by atoms with Gasteiger partial charge in [0.05, 0.1) is 6.10 Å². The van der Waals surface area contributed by atoms with E-state index in [1.54, 1.807) is 4.90 Å². The molecule has 0 unspecified atom stereocenters. The van der Waals surface area contributed by atoms with Crippen LogP contribution in [0.5, 0.6) is 0 Å². The van der Waals surface area contributed by atoms with Gasteiger partial charge in [-0.2, -0.15) is 0 Å². The Hall–Kier alpha value is -2.45. The highest BCUT2D eigenvalue weighted by Gasteiger charge is 2.56. The fourth-order valence-electron chi connectivity index (χ4n) is 6.09. The minimum absolute atomic E-state index is 0.0129. The van der Waals surface area contributed by atoms with Gasteiger partial charge in [-0.05, 0) is 55.5 Å². The monoisotopic (exact) mass is 496 g/mol. The molecule has 8 nitrogen and oxygen atoms in total. The van der Waals surface area contributed by atoms with Gasteiger partial charge >= 0.3 is 0 Å². The van der Waals surface area contributed by atoms with Gasteiger partial charge in [0.2, 0.25) is 5.91 Å². The molecule has 0 radical (unpaired) electrons. The smallest absolute Gasteiger partial charge is 0.251 e. The zero-order chi connectivity index (χ0) is 25.4. The second-order valence-corrected chi connectivity index (χ2v) is 11.0. The molecule has 3 aliphatic heterocycles. The molecule has 0 spiro atoms. The lowest BCUT2D eigenvalue weighted by Crippen LogP contribution is -2.54. The summed E-state index contributed by atoms with van der Waals surface area (Å²) in [5, 5.41) is 3.02. The highest BCUT2D eigenvalue weighted by molar-refractivity contribution is 5.99. The van der Waals surface area contributed by atoms with Crippen LogP contribution in [0.2, 0.25) is 0 Å². The summed E-state index contributed by atoms with van der Waals surface area (Å²) in [5.74, 6) is 0.304. The average molecular weight is 497 g/mol. The van der Waals surface area contributed by atoms with E-state index in [4.69, 9.17) is 4.74 Å². The number of hydrogen-bond acceptors (Lipinski definition) is 6. The molecular weight excluding hydrogens is 456 g/mol. The van der Waals surface area contributed by atoms with Gasteiger partial charge in [-0.1, -0.05) is 27.2 Å². The Morgan fingerprint density at radius 1 is 1.08 bits per heavy atom. The number of carbonyl (C=O) groups is 3. The first kappa shape index (κ1) is 25.2. The summed E-state index contributed by atoms with van der Waals surface area (Å²) in [5.41, 5.74) is 1.66. The maximum Gasteiger partial charge on any atom is 0.251 e. The van der Waals surface area contributed by atoms with Crippen LogP contribution in [0.1, 0.15) is 50.4 Å². The van der Waals surface area contributed by atoms with E-state index < -0.39 is 12.1 Å². The third kappa shape index (κ3) is 4.90. The first-order valence-electron chi connectivity index (χ1n) is 13.7. The van der Waals surface area contributed by atoms with Crippen LogP contribution in [-0.2, 0) is 14.3 Å². The minimum Gasteiger partial charge on any atom is -0.369 e. The van der Waals surface area contributed by atoms with Gasteiger partial charge in [-0.15, -0.1) is 0 Å². The molecule has 1 saturated carbocycles. The fourth-order valence-corrected chi connectivity index (χ4v) is 6.09. The molecule has 1 N–H and O–H groups in total. The fraction of sp³-hybridized carbons (Fsp3) is 0.679. The molecule has 5 rings (SSSR count). The number of Topliss-reactive ketones (excluding diaryl/α,β-unsaturated/α-hetero) is 1. The summed E-state index contributed by atoms with van der Waals surface area (Å²) in [7, 11) is 0. The highest BCUT2D eigenvalue weighted by Crippen LogP contribution is 2.46. The van der Waals surface area contributed by atoms with Crippen LogP contribution >= 0.6 is 0 Å². The first-order chi connectivity index (χ1) is 17.4. The van der Waals surface area contributed by atoms with E-state index in [2.05, 4.69) is 22.0 Å². The van der Waals surface area contributed by atoms with Gasteiger partial charge in [0.25, 0.3) is 5.91 Å². The van der Waals surface area contributed by atoms with E-state index in [-0.39, 0.29) is 42.1 Å². The second-order valence-electron chi connectivity index (χ2n) is 11.0. The SMILES string of the molecule is CC[C@H](C)[C@H](NC(=O)c1ccc(N2CCN(CC)CC2)cc1)C(=O)N1C[C@H](C2CC2)[C@H]2OCC(=O)[C@H]21. The maximum atomic E-state index is 13.8. The highest BCUT2D eigenvalue weighted by atomic mass is 16.5. The van der Waals surface area contributed by atoms with Crippen molar-refractivity contribution in [3.8, 4) is 0 Å². The van der Waals surface area contributed by atoms with Crippen molar-refractivity contribution in [2.75, 3.05) is 50.8 Å². The number of hydrogen-bond donors (Lipinski definition) is 1. The predicted molar refractivity (Wildman–Crippen MR) is 138 cm³/mol. The van der Waals surface area contributed by atoms with E-state index >= 15 is 0 Å². The van der Waals surface area contributed by atoms with Crippen molar-refractivity contribution in [1.29, 1.82) is 0 Å². The van der Waals surface area contributed by atoms with Crippen LogP contribution in [0.4, 0.5) is 5.69 Å². The number of anilines is 1. The molecule has 36 heavy (non-hydrogen) atoms. The zero-order valence-corrected chi connectivity index (χ0v) is 21.8. The Morgan fingerprint density at radius 2 is 1.78 bits per heavy atom. The molecule has 1 aliphatic carbocycles. The summed E-state index contributed by atoms with van der Waals surface area (Å²) in [4.78, 5) is 46.2. The van der Waals surface area contributed by atoms with Crippen LogP contribution in [0.15, 0.2) is 24.3 Å². The van der Waals surface area contributed by atoms with Crippen molar-refractivity contribution in [2.24, 2.45) is 17.8 Å². The molecule has 1 aromatic rings. The molecule has 4 aliphatic rings. The molecule has 3 heterocycles. The standard InChI is InChI=1S/C28H40N4O4/c1-4-18(3)24(28(35)32-16-22(19-6-7-19)26-25(32)23(33)17-36-26)29-27(34)20-8-10-21(11-9-20)31-14-12-30(5-2)13-15-31/h8-11,18-19,22,24-26H,4-7,12-17H2,1-3H3,(H,29,34)/t18-,22+,24-,25+,26+/m0/s1. The molecule has 1 aromatic carbocycles. The van der Waals surface area contributed by atoms with E-state index in [0.717, 1.165) is 57.7 Å². The van der Waals surface area contributed by atoms with Crippen LogP contribution in [0, 0.1) is 17.8 Å². The average Bonchev–Trinajstić information content (AvgIpc) is 3.58. The number of likely N-dealkylation sites (N-methyl/N-ethyl adjacent to an activating group) is 1. The van der Waals surface area contributed by atoms with Gasteiger partial charge in [0, 0.05) is 49.9 Å². The van der Waals surface area contributed by atoms with Crippen molar-refractivity contribution in [3.63, 3.8) is 0 Å². The maximum absolute atomic E-state index is 13.8. The molecule has 5 atom stereocenters. The Labute approximate surface area is 214 Å². The summed E-state index contributed by atoms with van der Waals surface area (Å²) < 4.78 is 5.84. The Kier molecular flexibility index (Phi) is 7.35. The first-order valence-corrected chi connectivity index (χ1v) is 13.7. The van der Waals surface area contributed by atoms with E-state index in [0.29, 0.717) is 18.0 Å². The topological polar surface area (TPSA) is 82.2 Å². The number of nitrogens with zero attached hydrogens (tertiary/aromatic N) is 3. The lowest BCUT2D eigenvalue weighted by atomic mass is 9.96. The molecule has 0 aromatic heterocycles. The number of likely N-dealkylation sites (tertiary alicyclic amines) is 1. The van der Waals surface area contributed by atoms with Gasteiger partial charge in [-0.3, -0.25) is 14.4 Å². The third-order valence-corrected chi connectivity index (χ3v) is 8.81. The Balaban J connectivity index is 1.27. The van der Waals surface area contributed by atoms with Crippen molar-refractivity contribution in [2.45, 2.75) is 58.2 Å². The largest absolute Gasteiger partial charge is 0.369 e. The van der Waals surface area contributed by atoms with E-state index in [1.165, 1.54) is 0 Å². The van der Waals surface area contributed by atoms with Crippen molar-refractivity contribution < 1.29 is 19.1 Å². The lowest BCUT2D eigenvalue weighted by Gasteiger charge is -2.35. The van der Waals surface area contributed by atoms with Crippen molar-refractivity contribution >= 4 is 23.3 Å². The molecule has 2 amide bonds. The van der Waals surface area contributed by atoms with E-state index in [9.17, 15) is 14.4 Å². The van der Waals surface area contributed by atoms with Crippen LogP contribution in [-0.4, -0.2) is 91.5 Å². The molecule has 196 valence electrons. The molecular formula is C28H40N4O4. The van der Waals surface area contributed by atoms with Crippen LogP contribution in [0.25, 0.3) is 0 Å². The van der Waals surface area contributed by atoms with Gasteiger partial charge in [-0.25, -0.2) is 0 Å². The zero-order valence-electron chi connectivity index (χ0n) is 21.8. The second kappa shape index (κ2) is 10.5. The number of rotatable bonds is 8. The molecule has 3 saturated heterocycles.